The Morgan fingerprint density at radius 3 is 2.59 bits per heavy atom. The fraction of sp³-hybridized carbons (Fsp3) is 0.500. The molecule has 3 N–H and O–H groups in total. The molecular formula is C16H23N4O2+. The maximum Gasteiger partial charge on any atom is 0.278 e. The Labute approximate surface area is 130 Å². The number of nitrogens with zero attached hydrogens (tertiary/aromatic N) is 2. The second-order valence-electron chi connectivity index (χ2n) is 5.83. The second-order valence-corrected chi connectivity index (χ2v) is 5.83. The van der Waals surface area contributed by atoms with Gasteiger partial charge in [0.25, 0.3) is 5.91 Å². The lowest BCUT2D eigenvalue weighted by atomic mass is 10.1. The molecule has 2 saturated heterocycles. The molecule has 2 amide bonds. The number of nitrogens with one attached hydrogen (secondary N) is 1. The van der Waals surface area contributed by atoms with E-state index in [1.807, 2.05) is 28.4 Å². The molecule has 6 nitrogen and oxygen atoms in total. The summed E-state index contributed by atoms with van der Waals surface area (Å²) in [6.07, 6.45) is 0.303. The zero-order valence-electron chi connectivity index (χ0n) is 12.7. The van der Waals surface area contributed by atoms with Crippen molar-refractivity contribution in [1.82, 2.24) is 10.2 Å². The highest BCUT2D eigenvalue weighted by Gasteiger charge is 2.31. The normalized spacial score (nSPS) is 22.4. The third-order valence-electron chi connectivity index (χ3n) is 4.38. The van der Waals surface area contributed by atoms with Crippen LogP contribution in [0.1, 0.15) is 6.42 Å². The first-order valence-electron chi connectivity index (χ1n) is 7.93. The van der Waals surface area contributed by atoms with Crippen LogP contribution in [0.5, 0.6) is 0 Å². The number of para-hydroxylation sites is 1. The molecule has 1 aromatic rings. The van der Waals surface area contributed by atoms with Gasteiger partial charge in [-0.15, -0.1) is 0 Å². The van der Waals surface area contributed by atoms with E-state index >= 15 is 0 Å². The van der Waals surface area contributed by atoms with E-state index in [2.05, 4.69) is 22.3 Å². The standard InChI is InChI=1S/C16H22N4O2/c21-15(12-14-16(22)18-7-6-17-14)20-10-8-19(9-11-20)13-4-2-1-3-5-13/h1-5,14,17H,6-12H2,(H,18,22)/p+1/t14-/m0/s1. The lowest BCUT2D eigenvalue weighted by Gasteiger charge is -2.36. The van der Waals surface area contributed by atoms with Gasteiger partial charge in [-0.05, 0) is 12.1 Å². The molecule has 0 aliphatic carbocycles. The SMILES string of the molecule is O=C1NCC[NH2+][C@H]1CC(=O)N1CCN(c2ccccc2)CC1. The average Bonchev–Trinajstić information content (AvgIpc) is 2.58. The van der Waals surface area contributed by atoms with Crippen LogP contribution >= 0.6 is 0 Å². The van der Waals surface area contributed by atoms with E-state index in [1.54, 1.807) is 0 Å². The first-order valence-corrected chi connectivity index (χ1v) is 7.93. The summed E-state index contributed by atoms with van der Waals surface area (Å²) < 4.78 is 0. The second kappa shape index (κ2) is 6.79. The zero-order chi connectivity index (χ0) is 15.4. The van der Waals surface area contributed by atoms with Crippen molar-refractivity contribution in [2.24, 2.45) is 0 Å². The Morgan fingerprint density at radius 2 is 1.91 bits per heavy atom. The van der Waals surface area contributed by atoms with Crippen LogP contribution in [-0.4, -0.2) is 62.0 Å². The van der Waals surface area contributed by atoms with Gasteiger partial charge in [0, 0.05) is 31.9 Å². The Kier molecular flexibility index (Phi) is 4.58. The van der Waals surface area contributed by atoms with Gasteiger partial charge in [-0.1, -0.05) is 18.2 Å². The minimum absolute atomic E-state index is 0.0116. The Morgan fingerprint density at radius 1 is 1.18 bits per heavy atom. The van der Waals surface area contributed by atoms with Crippen molar-refractivity contribution in [2.75, 3.05) is 44.2 Å². The summed E-state index contributed by atoms with van der Waals surface area (Å²) >= 11 is 0. The van der Waals surface area contributed by atoms with Crippen LogP contribution in [0, 0.1) is 0 Å². The van der Waals surface area contributed by atoms with Gasteiger partial charge in [-0.2, -0.15) is 0 Å². The Hall–Kier alpha value is -2.08. The fourth-order valence-corrected chi connectivity index (χ4v) is 3.06. The van der Waals surface area contributed by atoms with Crippen molar-refractivity contribution in [3.05, 3.63) is 30.3 Å². The predicted octanol–water partition coefficient (Wildman–Crippen LogP) is -1.21. The van der Waals surface area contributed by atoms with Gasteiger partial charge in [0.05, 0.1) is 19.5 Å². The van der Waals surface area contributed by atoms with E-state index in [0.29, 0.717) is 13.0 Å². The predicted molar refractivity (Wildman–Crippen MR) is 83.4 cm³/mol. The summed E-state index contributed by atoms with van der Waals surface area (Å²) in [4.78, 5) is 28.3. The van der Waals surface area contributed by atoms with Crippen LogP contribution in [0.2, 0.25) is 0 Å². The largest absolute Gasteiger partial charge is 0.368 e. The monoisotopic (exact) mass is 303 g/mol. The highest BCUT2D eigenvalue weighted by molar-refractivity contribution is 5.87. The van der Waals surface area contributed by atoms with Gasteiger partial charge in [-0.3, -0.25) is 9.59 Å². The van der Waals surface area contributed by atoms with Crippen LogP contribution in [0.25, 0.3) is 0 Å². The highest BCUT2D eigenvalue weighted by atomic mass is 16.2. The number of carbonyl (C=O) groups excluding carboxylic acids is 2. The summed E-state index contributed by atoms with van der Waals surface area (Å²) in [5.74, 6) is 0.0773. The first kappa shape index (κ1) is 14.8. The number of amides is 2. The zero-order valence-corrected chi connectivity index (χ0v) is 12.7. The Bertz CT molecular complexity index is 526. The van der Waals surface area contributed by atoms with Gasteiger partial charge in [0.1, 0.15) is 0 Å². The van der Waals surface area contributed by atoms with Crippen LogP contribution in [-0.2, 0) is 9.59 Å². The molecule has 118 valence electrons. The molecule has 2 fully saturated rings. The van der Waals surface area contributed by atoms with E-state index in [9.17, 15) is 9.59 Å². The van der Waals surface area contributed by atoms with Crippen molar-refractivity contribution < 1.29 is 14.9 Å². The average molecular weight is 303 g/mol. The maximum atomic E-state index is 12.4. The topological polar surface area (TPSA) is 69.3 Å². The van der Waals surface area contributed by atoms with Gasteiger partial charge < -0.3 is 20.4 Å². The lowest BCUT2D eigenvalue weighted by Crippen LogP contribution is -2.96. The molecular weight excluding hydrogens is 280 g/mol. The van der Waals surface area contributed by atoms with E-state index in [-0.39, 0.29) is 17.9 Å². The van der Waals surface area contributed by atoms with Gasteiger partial charge >= 0.3 is 0 Å². The summed E-state index contributed by atoms with van der Waals surface area (Å²) in [5.41, 5.74) is 1.20. The Balaban J connectivity index is 1.50. The lowest BCUT2D eigenvalue weighted by molar-refractivity contribution is -0.678. The molecule has 0 aromatic heterocycles. The van der Waals surface area contributed by atoms with Crippen molar-refractivity contribution in [1.29, 1.82) is 0 Å². The van der Waals surface area contributed by atoms with Crippen molar-refractivity contribution in [3.8, 4) is 0 Å². The third-order valence-corrected chi connectivity index (χ3v) is 4.38. The molecule has 0 saturated carbocycles. The molecule has 0 spiro atoms. The van der Waals surface area contributed by atoms with E-state index in [1.165, 1.54) is 5.69 Å². The van der Waals surface area contributed by atoms with Crippen LogP contribution < -0.4 is 15.5 Å². The quantitative estimate of drug-likeness (QED) is 0.736. The van der Waals surface area contributed by atoms with Crippen LogP contribution in [0.15, 0.2) is 30.3 Å². The molecule has 6 heteroatoms. The number of quaternary nitrogens is 1. The van der Waals surface area contributed by atoms with E-state index < -0.39 is 0 Å². The first-order chi connectivity index (χ1) is 10.7. The summed E-state index contributed by atoms with van der Waals surface area (Å²) in [5, 5.41) is 4.79. The van der Waals surface area contributed by atoms with Crippen molar-refractivity contribution in [2.45, 2.75) is 12.5 Å². The minimum Gasteiger partial charge on any atom is -0.368 e. The summed E-state index contributed by atoms with van der Waals surface area (Å²) in [7, 11) is 0. The van der Waals surface area contributed by atoms with Gasteiger partial charge in [0.2, 0.25) is 5.91 Å². The summed E-state index contributed by atoms with van der Waals surface area (Å²) in [6.45, 7) is 4.68. The molecule has 0 radical (unpaired) electrons. The number of hydrogen-bond acceptors (Lipinski definition) is 3. The van der Waals surface area contributed by atoms with Crippen molar-refractivity contribution in [3.63, 3.8) is 0 Å². The number of rotatable bonds is 3. The fourth-order valence-electron chi connectivity index (χ4n) is 3.06. The maximum absolute atomic E-state index is 12.4. The number of carbonyl (C=O) groups is 2. The van der Waals surface area contributed by atoms with E-state index in [0.717, 1.165) is 32.7 Å². The number of hydrogen-bond donors (Lipinski definition) is 2. The molecule has 1 aromatic carbocycles. The molecule has 0 bridgehead atoms. The van der Waals surface area contributed by atoms with Gasteiger partial charge in [0.15, 0.2) is 6.04 Å². The molecule has 2 heterocycles. The van der Waals surface area contributed by atoms with Crippen molar-refractivity contribution >= 4 is 17.5 Å². The number of benzene rings is 1. The smallest absolute Gasteiger partial charge is 0.278 e. The number of nitrogens with two attached hydrogens (primary N) is 1. The number of anilines is 1. The van der Waals surface area contributed by atoms with Crippen LogP contribution in [0.3, 0.4) is 0 Å². The van der Waals surface area contributed by atoms with Gasteiger partial charge in [-0.25, -0.2) is 0 Å². The van der Waals surface area contributed by atoms with Crippen LogP contribution in [0.4, 0.5) is 5.69 Å². The highest BCUT2D eigenvalue weighted by Crippen LogP contribution is 2.16. The molecule has 2 aliphatic heterocycles. The molecule has 1 atom stereocenters. The third kappa shape index (κ3) is 3.39. The molecule has 3 rings (SSSR count). The minimum atomic E-state index is -0.256. The summed E-state index contributed by atoms with van der Waals surface area (Å²) in [6, 6.07) is 10.0. The molecule has 22 heavy (non-hydrogen) atoms. The van der Waals surface area contributed by atoms with E-state index in [4.69, 9.17) is 0 Å². The molecule has 0 unspecified atom stereocenters. The molecule has 2 aliphatic rings. The number of piperazine rings is 2.